The lowest BCUT2D eigenvalue weighted by Gasteiger charge is -2.29. The summed E-state index contributed by atoms with van der Waals surface area (Å²) in [7, 11) is -1.41. The zero-order valence-electron chi connectivity index (χ0n) is 12.6. The van der Waals surface area contributed by atoms with Gasteiger partial charge in [-0.2, -0.15) is 0 Å². The van der Waals surface area contributed by atoms with E-state index < -0.39 is 10.0 Å². The maximum atomic E-state index is 11.2. The molecule has 3 N–H and O–H groups in total. The Morgan fingerprint density at radius 2 is 1.86 bits per heavy atom. The van der Waals surface area contributed by atoms with Crippen LogP contribution in [0.5, 0.6) is 0 Å². The molecule has 1 heterocycles. The van der Waals surface area contributed by atoms with Crippen molar-refractivity contribution in [2.45, 2.75) is 24.2 Å². The molecule has 118 valence electrons. The SMILES string of the molecule is CN1CCC(CNCCc2ccc(S(N)(=O)=O)cc2)CC1. The summed E-state index contributed by atoms with van der Waals surface area (Å²) < 4.78 is 22.3. The summed E-state index contributed by atoms with van der Waals surface area (Å²) in [6, 6.07) is 6.80. The number of nitrogens with two attached hydrogens (primary N) is 1. The van der Waals surface area contributed by atoms with Crippen LogP contribution in [0.1, 0.15) is 18.4 Å². The second-order valence-electron chi connectivity index (χ2n) is 5.89. The lowest BCUT2D eigenvalue weighted by atomic mass is 9.97. The van der Waals surface area contributed by atoms with Gasteiger partial charge in [0.2, 0.25) is 10.0 Å². The van der Waals surface area contributed by atoms with E-state index in [0.717, 1.165) is 31.0 Å². The molecule has 21 heavy (non-hydrogen) atoms. The summed E-state index contributed by atoms with van der Waals surface area (Å²) in [5.74, 6) is 0.783. The Morgan fingerprint density at radius 1 is 1.24 bits per heavy atom. The molecule has 1 aromatic carbocycles. The minimum absolute atomic E-state index is 0.172. The predicted octanol–water partition coefficient (Wildman–Crippen LogP) is 0.808. The Kier molecular flexibility index (Phi) is 5.75. The van der Waals surface area contributed by atoms with E-state index in [4.69, 9.17) is 5.14 Å². The molecule has 1 aliphatic heterocycles. The molecule has 0 saturated carbocycles. The van der Waals surface area contributed by atoms with Crippen LogP contribution in [0.4, 0.5) is 0 Å². The highest BCUT2D eigenvalue weighted by atomic mass is 32.2. The Labute approximate surface area is 127 Å². The molecule has 5 nitrogen and oxygen atoms in total. The van der Waals surface area contributed by atoms with E-state index in [1.807, 2.05) is 12.1 Å². The first-order valence-corrected chi connectivity index (χ1v) is 9.01. The van der Waals surface area contributed by atoms with Crippen molar-refractivity contribution in [3.63, 3.8) is 0 Å². The molecule has 1 aliphatic rings. The van der Waals surface area contributed by atoms with Gasteiger partial charge in [-0.25, -0.2) is 13.6 Å². The van der Waals surface area contributed by atoms with E-state index in [-0.39, 0.29) is 4.90 Å². The van der Waals surface area contributed by atoms with Gasteiger partial charge in [-0.3, -0.25) is 0 Å². The maximum Gasteiger partial charge on any atom is 0.238 e. The number of hydrogen-bond donors (Lipinski definition) is 2. The van der Waals surface area contributed by atoms with E-state index in [2.05, 4.69) is 17.3 Å². The van der Waals surface area contributed by atoms with Crippen LogP contribution >= 0.6 is 0 Å². The van der Waals surface area contributed by atoms with Crippen LogP contribution in [0, 0.1) is 5.92 Å². The second kappa shape index (κ2) is 7.35. The zero-order valence-corrected chi connectivity index (χ0v) is 13.4. The number of rotatable bonds is 6. The number of hydrogen-bond acceptors (Lipinski definition) is 4. The van der Waals surface area contributed by atoms with Gasteiger partial charge in [-0.1, -0.05) is 12.1 Å². The minimum atomic E-state index is -3.58. The summed E-state index contributed by atoms with van der Waals surface area (Å²) in [5.41, 5.74) is 1.12. The van der Waals surface area contributed by atoms with Gasteiger partial charge in [-0.05, 0) is 76.1 Å². The lowest BCUT2D eigenvalue weighted by molar-refractivity contribution is 0.216. The highest BCUT2D eigenvalue weighted by Gasteiger charge is 2.15. The largest absolute Gasteiger partial charge is 0.316 e. The average Bonchev–Trinajstić information content (AvgIpc) is 2.45. The molecule has 1 fully saturated rings. The summed E-state index contributed by atoms with van der Waals surface area (Å²) in [6.45, 7) is 4.38. The highest BCUT2D eigenvalue weighted by molar-refractivity contribution is 7.89. The van der Waals surface area contributed by atoms with E-state index in [1.54, 1.807) is 12.1 Å². The zero-order chi connectivity index (χ0) is 15.3. The molecular formula is C15H25N3O2S. The number of primary sulfonamides is 1. The minimum Gasteiger partial charge on any atom is -0.316 e. The average molecular weight is 311 g/mol. The van der Waals surface area contributed by atoms with Gasteiger partial charge in [0, 0.05) is 0 Å². The normalized spacial score (nSPS) is 18.0. The Hall–Kier alpha value is -0.950. The predicted molar refractivity (Wildman–Crippen MR) is 84.6 cm³/mol. The van der Waals surface area contributed by atoms with Crippen LogP contribution in [0.15, 0.2) is 29.2 Å². The van der Waals surface area contributed by atoms with Crippen LogP contribution in [0.2, 0.25) is 0 Å². The molecule has 1 saturated heterocycles. The first-order valence-electron chi connectivity index (χ1n) is 7.46. The summed E-state index contributed by atoms with van der Waals surface area (Å²) in [5, 5.41) is 8.58. The van der Waals surface area contributed by atoms with Gasteiger partial charge in [0.25, 0.3) is 0 Å². The van der Waals surface area contributed by atoms with Crippen LogP contribution in [0.3, 0.4) is 0 Å². The molecular weight excluding hydrogens is 286 g/mol. The van der Waals surface area contributed by atoms with Crippen LogP contribution in [-0.2, 0) is 16.4 Å². The van der Waals surface area contributed by atoms with Crippen LogP contribution in [0.25, 0.3) is 0 Å². The lowest BCUT2D eigenvalue weighted by Crippen LogP contribution is -2.35. The first-order chi connectivity index (χ1) is 9.95. The quantitative estimate of drug-likeness (QED) is 0.762. The Morgan fingerprint density at radius 3 is 2.43 bits per heavy atom. The van der Waals surface area contributed by atoms with Gasteiger partial charge >= 0.3 is 0 Å². The topological polar surface area (TPSA) is 75.4 Å². The van der Waals surface area contributed by atoms with Crippen molar-refractivity contribution < 1.29 is 8.42 Å². The molecule has 0 bridgehead atoms. The van der Waals surface area contributed by atoms with Crippen LogP contribution < -0.4 is 10.5 Å². The fourth-order valence-electron chi connectivity index (χ4n) is 2.65. The Balaban J connectivity index is 1.69. The van der Waals surface area contributed by atoms with E-state index in [9.17, 15) is 8.42 Å². The molecule has 0 radical (unpaired) electrons. The maximum absolute atomic E-state index is 11.2. The molecule has 1 aromatic rings. The van der Waals surface area contributed by atoms with E-state index in [1.165, 1.54) is 25.9 Å². The molecule has 0 unspecified atom stereocenters. The highest BCUT2D eigenvalue weighted by Crippen LogP contribution is 2.14. The molecule has 2 rings (SSSR count). The van der Waals surface area contributed by atoms with E-state index in [0.29, 0.717) is 0 Å². The van der Waals surface area contributed by atoms with Gasteiger partial charge < -0.3 is 10.2 Å². The van der Waals surface area contributed by atoms with Crippen LogP contribution in [-0.4, -0.2) is 46.5 Å². The third kappa shape index (κ3) is 5.39. The van der Waals surface area contributed by atoms with Crippen molar-refractivity contribution >= 4 is 10.0 Å². The molecule has 6 heteroatoms. The number of piperidine rings is 1. The fraction of sp³-hybridized carbons (Fsp3) is 0.600. The number of benzene rings is 1. The molecule has 0 aromatic heterocycles. The molecule has 0 amide bonds. The van der Waals surface area contributed by atoms with Crippen molar-refractivity contribution in [3.05, 3.63) is 29.8 Å². The Bertz CT molecular complexity index is 535. The molecule has 0 spiro atoms. The van der Waals surface area contributed by atoms with Gasteiger partial charge in [0.15, 0.2) is 0 Å². The summed E-state index contributed by atoms with van der Waals surface area (Å²) in [6.07, 6.45) is 3.44. The number of nitrogens with zero attached hydrogens (tertiary/aromatic N) is 1. The standard InChI is InChI=1S/C15H25N3O2S/c1-18-10-7-14(8-11-18)12-17-9-6-13-2-4-15(5-3-13)21(16,19)20/h2-5,14,17H,6-12H2,1H3,(H2,16,19,20). The first kappa shape index (κ1) is 16.4. The third-order valence-corrected chi connectivity index (χ3v) is 5.04. The van der Waals surface area contributed by atoms with Crippen molar-refractivity contribution in [1.82, 2.24) is 10.2 Å². The fourth-order valence-corrected chi connectivity index (χ4v) is 3.17. The van der Waals surface area contributed by atoms with Crippen molar-refractivity contribution in [2.24, 2.45) is 11.1 Å². The van der Waals surface area contributed by atoms with Crippen molar-refractivity contribution in [3.8, 4) is 0 Å². The van der Waals surface area contributed by atoms with Gasteiger partial charge in [0.05, 0.1) is 4.90 Å². The van der Waals surface area contributed by atoms with Crippen molar-refractivity contribution in [2.75, 3.05) is 33.2 Å². The molecule has 0 atom stereocenters. The summed E-state index contributed by atoms with van der Waals surface area (Å²) in [4.78, 5) is 2.55. The third-order valence-electron chi connectivity index (χ3n) is 4.11. The van der Waals surface area contributed by atoms with Crippen molar-refractivity contribution in [1.29, 1.82) is 0 Å². The monoisotopic (exact) mass is 311 g/mol. The number of sulfonamides is 1. The molecule has 0 aliphatic carbocycles. The van der Waals surface area contributed by atoms with E-state index >= 15 is 0 Å². The van der Waals surface area contributed by atoms with Gasteiger partial charge in [-0.15, -0.1) is 0 Å². The second-order valence-corrected chi connectivity index (χ2v) is 7.45. The summed E-state index contributed by atoms with van der Waals surface area (Å²) >= 11 is 0. The number of nitrogens with one attached hydrogen (secondary N) is 1. The number of likely N-dealkylation sites (tertiary alicyclic amines) is 1. The van der Waals surface area contributed by atoms with Gasteiger partial charge in [0.1, 0.15) is 0 Å². The smallest absolute Gasteiger partial charge is 0.238 e.